The fraction of sp³-hybridized carbons (Fsp3) is 0.154. The summed E-state index contributed by atoms with van der Waals surface area (Å²) in [5.41, 5.74) is 5.34. The van der Waals surface area contributed by atoms with Gasteiger partial charge in [-0.05, 0) is 66.6 Å². The minimum absolute atomic E-state index is 0.0135. The van der Waals surface area contributed by atoms with Gasteiger partial charge in [0.2, 0.25) is 11.8 Å². The zero-order valence-corrected chi connectivity index (χ0v) is 19.2. The summed E-state index contributed by atoms with van der Waals surface area (Å²) in [6, 6.07) is 15.6. The molecule has 4 N–H and O–H groups in total. The van der Waals surface area contributed by atoms with Gasteiger partial charge < -0.3 is 21.1 Å². The van der Waals surface area contributed by atoms with Crippen molar-refractivity contribution in [2.24, 2.45) is 0 Å². The van der Waals surface area contributed by atoms with Crippen LogP contribution in [0.5, 0.6) is 5.75 Å². The van der Waals surface area contributed by atoms with Crippen molar-refractivity contribution in [3.63, 3.8) is 0 Å². The second-order valence-electron chi connectivity index (χ2n) is 8.35. The zero-order chi connectivity index (χ0) is 24.7. The highest BCUT2D eigenvalue weighted by molar-refractivity contribution is 5.99. The Labute approximate surface area is 200 Å². The summed E-state index contributed by atoms with van der Waals surface area (Å²) in [4.78, 5) is 40.7. The van der Waals surface area contributed by atoms with E-state index in [1.807, 2.05) is 28.8 Å². The highest BCUT2D eigenvalue weighted by atomic mass is 16.3. The number of carbonyl (C=O) groups excluding carboxylic acids is 3. The van der Waals surface area contributed by atoms with Gasteiger partial charge in [-0.25, -0.2) is 4.98 Å². The summed E-state index contributed by atoms with van der Waals surface area (Å²) >= 11 is 0. The summed E-state index contributed by atoms with van der Waals surface area (Å²) in [7, 11) is 1.56. The third-order valence-corrected chi connectivity index (χ3v) is 5.94. The van der Waals surface area contributed by atoms with E-state index in [9.17, 15) is 19.5 Å². The predicted octanol–water partition coefficient (Wildman–Crippen LogP) is 3.60. The van der Waals surface area contributed by atoms with Crippen molar-refractivity contribution in [3.8, 4) is 22.8 Å². The molecule has 0 saturated heterocycles. The van der Waals surface area contributed by atoms with E-state index >= 15 is 0 Å². The van der Waals surface area contributed by atoms with Gasteiger partial charge in [-0.1, -0.05) is 0 Å². The fourth-order valence-corrected chi connectivity index (χ4v) is 4.33. The number of hydrogen-bond donors (Lipinski definition) is 4. The summed E-state index contributed by atoms with van der Waals surface area (Å²) < 4.78 is 1.92. The number of carbonyl (C=O) groups is 3. The predicted molar refractivity (Wildman–Crippen MR) is 133 cm³/mol. The molecule has 0 atom stereocenters. The Kier molecular flexibility index (Phi) is 5.44. The smallest absolute Gasteiger partial charge is 0.251 e. The standard InChI is InChI=1S/C26H23N5O4/c1-14(32)28-21-8-6-18(33)13-19(21)25-30-22-12-16(26(35)27-2)3-9-23(22)31(25)17-5-7-20-15(11-17)4-10-24(34)29-20/h3,5-9,11-13,33H,4,10H2,1-2H3,(H,27,35)(H,28,32)(H,29,34). The molecule has 0 spiro atoms. The van der Waals surface area contributed by atoms with Crippen LogP contribution in [-0.4, -0.2) is 39.4 Å². The van der Waals surface area contributed by atoms with E-state index in [1.165, 1.54) is 13.0 Å². The van der Waals surface area contributed by atoms with Crippen molar-refractivity contribution < 1.29 is 19.5 Å². The molecule has 0 saturated carbocycles. The minimum Gasteiger partial charge on any atom is -0.508 e. The van der Waals surface area contributed by atoms with Gasteiger partial charge in [0.1, 0.15) is 11.6 Å². The van der Waals surface area contributed by atoms with Gasteiger partial charge in [-0.2, -0.15) is 0 Å². The van der Waals surface area contributed by atoms with Crippen LogP contribution < -0.4 is 16.0 Å². The van der Waals surface area contributed by atoms with Gasteiger partial charge in [0, 0.05) is 42.9 Å². The van der Waals surface area contributed by atoms with Crippen LogP contribution in [0.2, 0.25) is 0 Å². The lowest BCUT2D eigenvalue weighted by molar-refractivity contribution is -0.116. The average Bonchev–Trinajstić information content (AvgIpc) is 3.22. The molecule has 3 amide bonds. The number of amides is 3. The number of aryl methyl sites for hydroxylation is 1. The Balaban J connectivity index is 1.78. The second kappa shape index (κ2) is 8.60. The maximum Gasteiger partial charge on any atom is 0.251 e. The number of phenolic OH excluding ortho intramolecular Hbond substituents is 1. The van der Waals surface area contributed by atoms with Crippen molar-refractivity contribution in [1.82, 2.24) is 14.9 Å². The highest BCUT2D eigenvalue weighted by Gasteiger charge is 2.21. The number of fused-ring (bicyclic) bond motifs is 2. The van der Waals surface area contributed by atoms with Gasteiger partial charge in [0.25, 0.3) is 5.91 Å². The fourth-order valence-electron chi connectivity index (χ4n) is 4.33. The van der Waals surface area contributed by atoms with Crippen LogP contribution in [0.15, 0.2) is 54.6 Å². The molecule has 4 aromatic rings. The summed E-state index contributed by atoms with van der Waals surface area (Å²) in [6.45, 7) is 1.41. The first kappa shape index (κ1) is 22.1. The molecule has 0 fully saturated rings. The summed E-state index contributed by atoms with van der Waals surface area (Å²) in [5.74, 6) is -0.00397. The monoisotopic (exact) mass is 469 g/mol. The van der Waals surface area contributed by atoms with E-state index in [0.29, 0.717) is 41.0 Å². The molecular weight excluding hydrogens is 446 g/mol. The van der Waals surface area contributed by atoms with Crippen LogP contribution in [0.25, 0.3) is 28.1 Å². The van der Waals surface area contributed by atoms with Gasteiger partial charge in [-0.3, -0.25) is 19.0 Å². The Bertz CT molecular complexity index is 1520. The van der Waals surface area contributed by atoms with Crippen molar-refractivity contribution in [3.05, 3.63) is 65.7 Å². The SMILES string of the molecule is CNC(=O)c1ccc2c(c1)nc(-c1cc(O)ccc1NC(C)=O)n2-c1ccc2c(c1)CCC(=O)N2. The maximum absolute atomic E-state index is 12.2. The number of benzene rings is 3. The molecule has 1 aliphatic heterocycles. The number of nitrogens with zero attached hydrogens (tertiary/aromatic N) is 2. The van der Waals surface area contributed by atoms with Crippen LogP contribution in [0.4, 0.5) is 11.4 Å². The average molecular weight is 470 g/mol. The molecule has 0 unspecified atom stereocenters. The molecule has 176 valence electrons. The third-order valence-electron chi connectivity index (χ3n) is 5.94. The molecular formula is C26H23N5O4. The Morgan fingerprint density at radius 2 is 1.89 bits per heavy atom. The van der Waals surface area contributed by atoms with E-state index in [0.717, 1.165) is 22.5 Å². The summed E-state index contributed by atoms with van der Waals surface area (Å²) in [6.07, 6.45) is 1.02. The largest absolute Gasteiger partial charge is 0.508 e. The summed E-state index contributed by atoms with van der Waals surface area (Å²) in [5, 5.41) is 18.6. The van der Waals surface area contributed by atoms with Crippen molar-refractivity contribution >= 4 is 40.1 Å². The van der Waals surface area contributed by atoms with Crippen molar-refractivity contribution in [1.29, 1.82) is 0 Å². The Morgan fingerprint density at radius 3 is 2.66 bits per heavy atom. The van der Waals surface area contributed by atoms with Crippen LogP contribution in [0.3, 0.4) is 0 Å². The zero-order valence-electron chi connectivity index (χ0n) is 19.2. The molecule has 2 heterocycles. The molecule has 9 heteroatoms. The van der Waals surface area contributed by atoms with E-state index in [2.05, 4.69) is 16.0 Å². The first-order valence-corrected chi connectivity index (χ1v) is 11.1. The molecule has 1 aromatic heterocycles. The van der Waals surface area contributed by atoms with Crippen LogP contribution in [0.1, 0.15) is 29.3 Å². The lowest BCUT2D eigenvalue weighted by Crippen LogP contribution is -2.19. The van der Waals surface area contributed by atoms with Gasteiger partial charge in [0.05, 0.1) is 16.7 Å². The number of nitrogens with one attached hydrogen (secondary N) is 3. The van der Waals surface area contributed by atoms with Crippen LogP contribution in [-0.2, 0) is 16.0 Å². The van der Waals surface area contributed by atoms with Gasteiger partial charge in [-0.15, -0.1) is 0 Å². The molecule has 5 rings (SSSR count). The Hall–Kier alpha value is -4.66. The third kappa shape index (κ3) is 4.08. The molecule has 9 nitrogen and oxygen atoms in total. The van der Waals surface area contributed by atoms with Crippen LogP contribution >= 0.6 is 0 Å². The van der Waals surface area contributed by atoms with E-state index < -0.39 is 0 Å². The van der Waals surface area contributed by atoms with E-state index in [4.69, 9.17) is 4.98 Å². The quantitative estimate of drug-likeness (QED) is 0.340. The van der Waals surface area contributed by atoms with Crippen molar-refractivity contribution in [2.45, 2.75) is 19.8 Å². The first-order chi connectivity index (χ1) is 16.8. The normalized spacial score (nSPS) is 12.7. The number of imidazole rings is 1. The van der Waals surface area contributed by atoms with Gasteiger partial charge >= 0.3 is 0 Å². The lowest BCUT2D eigenvalue weighted by atomic mass is 10.0. The van der Waals surface area contributed by atoms with E-state index in [-0.39, 0.29) is 23.5 Å². The molecule has 0 aliphatic carbocycles. The lowest BCUT2D eigenvalue weighted by Gasteiger charge is -2.19. The van der Waals surface area contributed by atoms with Crippen LogP contribution in [0, 0.1) is 0 Å². The number of anilines is 2. The Morgan fingerprint density at radius 1 is 1.06 bits per heavy atom. The topological polar surface area (TPSA) is 125 Å². The number of rotatable bonds is 4. The number of aromatic nitrogens is 2. The first-order valence-electron chi connectivity index (χ1n) is 11.1. The highest BCUT2D eigenvalue weighted by Crippen LogP contribution is 2.36. The van der Waals surface area contributed by atoms with E-state index in [1.54, 1.807) is 31.3 Å². The molecule has 3 aromatic carbocycles. The molecule has 35 heavy (non-hydrogen) atoms. The van der Waals surface area contributed by atoms with Crippen molar-refractivity contribution in [2.75, 3.05) is 17.7 Å². The van der Waals surface area contributed by atoms with Gasteiger partial charge in [0.15, 0.2) is 0 Å². The number of phenols is 1. The molecule has 1 aliphatic rings. The second-order valence-corrected chi connectivity index (χ2v) is 8.35. The minimum atomic E-state index is -0.258. The number of aromatic hydroxyl groups is 1. The number of hydrogen-bond acceptors (Lipinski definition) is 5. The maximum atomic E-state index is 12.2. The molecule has 0 radical (unpaired) electrons. The molecule has 0 bridgehead atoms.